The third kappa shape index (κ3) is 3.02. The predicted octanol–water partition coefficient (Wildman–Crippen LogP) is 4.68. The zero-order chi connectivity index (χ0) is 14.7. The molecule has 0 saturated heterocycles. The highest BCUT2D eigenvalue weighted by Crippen LogP contribution is 2.30. The number of fused-ring (bicyclic) bond motifs is 1. The van der Waals surface area contributed by atoms with E-state index in [0.29, 0.717) is 15.9 Å². The van der Waals surface area contributed by atoms with Gasteiger partial charge in [-0.05, 0) is 18.2 Å². The van der Waals surface area contributed by atoms with Crippen molar-refractivity contribution in [2.45, 2.75) is 5.16 Å². The molecule has 0 fully saturated rings. The highest BCUT2D eigenvalue weighted by atomic mass is 35.5. The highest BCUT2D eigenvalue weighted by Gasteiger charge is 2.10. The van der Waals surface area contributed by atoms with Gasteiger partial charge in [-0.15, -0.1) is 6.42 Å². The van der Waals surface area contributed by atoms with Gasteiger partial charge in [0.05, 0.1) is 17.0 Å². The number of terminal acetylenes is 1. The molecule has 0 aliphatic carbocycles. The second-order valence-corrected chi connectivity index (χ2v) is 5.75. The summed E-state index contributed by atoms with van der Waals surface area (Å²) in [6.45, 7) is 0. The van der Waals surface area contributed by atoms with Crippen LogP contribution in [0.15, 0.2) is 53.7 Å². The summed E-state index contributed by atoms with van der Waals surface area (Å²) in [5, 5.41) is 2.30. The third-order valence-corrected chi connectivity index (χ3v) is 3.96. The number of rotatable bonds is 3. The van der Waals surface area contributed by atoms with Crippen LogP contribution in [0, 0.1) is 12.3 Å². The number of thioether (sulfide) groups is 1. The Bertz CT molecular complexity index is 825. The Balaban J connectivity index is 2.23. The Morgan fingerprint density at radius 1 is 1.10 bits per heavy atom. The minimum absolute atomic E-state index is 0.549. The standard InChI is InChI=1S/C17H11ClN2S/c1-2-10-21-17-19-15-9-8-13(18)11-14(15)16(20-17)12-6-4-3-5-7-12/h1,3-9,11H,10H2. The van der Waals surface area contributed by atoms with Gasteiger partial charge in [-0.25, -0.2) is 9.97 Å². The molecular formula is C17H11ClN2S. The number of nitrogens with zero attached hydrogens (tertiary/aromatic N) is 2. The van der Waals surface area contributed by atoms with E-state index in [0.717, 1.165) is 22.2 Å². The maximum Gasteiger partial charge on any atom is 0.189 e. The summed E-state index contributed by atoms with van der Waals surface area (Å²) >= 11 is 7.57. The van der Waals surface area contributed by atoms with Crippen LogP contribution in [0.5, 0.6) is 0 Å². The quantitative estimate of drug-likeness (QED) is 0.399. The zero-order valence-corrected chi connectivity index (χ0v) is 12.7. The molecule has 0 bridgehead atoms. The first kappa shape index (κ1) is 13.9. The molecule has 0 N–H and O–H groups in total. The maximum absolute atomic E-state index is 6.11. The van der Waals surface area contributed by atoms with Crippen molar-refractivity contribution in [2.75, 3.05) is 5.75 Å². The van der Waals surface area contributed by atoms with Gasteiger partial charge in [0, 0.05) is 16.0 Å². The van der Waals surface area contributed by atoms with Crippen LogP contribution in [0.3, 0.4) is 0 Å². The molecule has 2 aromatic carbocycles. The van der Waals surface area contributed by atoms with E-state index >= 15 is 0 Å². The third-order valence-electron chi connectivity index (χ3n) is 2.97. The topological polar surface area (TPSA) is 25.8 Å². The molecule has 0 amide bonds. The zero-order valence-electron chi connectivity index (χ0n) is 11.1. The molecule has 21 heavy (non-hydrogen) atoms. The lowest BCUT2D eigenvalue weighted by Crippen LogP contribution is -1.94. The van der Waals surface area contributed by atoms with Crippen molar-refractivity contribution < 1.29 is 0 Å². The molecule has 3 rings (SSSR count). The largest absolute Gasteiger partial charge is 0.222 e. The predicted molar refractivity (Wildman–Crippen MR) is 89.5 cm³/mol. The lowest BCUT2D eigenvalue weighted by atomic mass is 10.1. The summed E-state index contributed by atoms with van der Waals surface area (Å²) < 4.78 is 0. The first-order valence-electron chi connectivity index (χ1n) is 6.37. The smallest absolute Gasteiger partial charge is 0.189 e. The van der Waals surface area contributed by atoms with Crippen molar-refractivity contribution in [3.8, 4) is 23.6 Å². The SMILES string of the molecule is C#CCSc1nc(-c2ccccc2)c2cc(Cl)ccc2n1. The Morgan fingerprint density at radius 2 is 1.90 bits per heavy atom. The van der Waals surface area contributed by atoms with Crippen molar-refractivity contribution in [1.82, 2.24) is 9.97 Å². The van der Waals surface area contributed by atoms with Crippen LogP contribution in [0.2, 0.25) is 5.02 Å². The summed E-state index contributed by atoms with van der Waals surface area (Å²) in [5.41, 5.74) is 2.78. The van der Waals surface area contributed by atoms with Crippen molar-refractivity contribution in [3.63, 3.8) is 0 Å². The fourth-order valence-electron chi connectivity index (χ4n) is 2.07. The summed E-state index contributed by atoms with van der Waals surface area (Å²) in [4.78, 5) is 9.19. The van der Waals surface area contributed by atoms with Gasteiger partial charge < -0.3 is 0 Å². The maximum atomic E-state index is 6.11. The van der Waals surface area contributed by atoms with Gasteiger partial charge in [0.15, 0.2) is 5.16 Å². The molecule has 102 valence electrons. The van der Waals surface area contributed by atoms with Crippen LogP contribution in [-0.2, 0) is 0 Å². The van der Waals surface area contributed by atoms with Crippen LogP contribution in [0.25, 0.3) is 22.2 Å². The van der Waals surface area contributed by atoms with Crippen molar-refractivity contribution in [3.05, 3.63) is 53.6 Å². The summed E-state index contributed by atoms with van der Waals surface area (Å²) in [5.74, 6) is 3.14. The van der Waals surface area contributed by atoms with Gasteiger partial charge in [-0.2, -0.15) is 0 Å². The van der Waals surface area contributed by atoms with Gasteiger partial charge in [0.2, 0.25) is 0 Å². The lowest BCUT2D eigenvalue weighted by Gasteiger charge is -2.08. The number of hydrogen-bond donors (Lipinski definition) is 0. The fraction of sp³-hybridized carbons (Fsp3) is 0.0588. The summed E-state index contributed by atoms with van der Waals surface area (Å²) in [6, 6.07) is 15.6. The van der Waals surface area contributed by atoms with E-state index in [1.165, 1.54) is 11.8 Å². The highest BCUT2D eigenvalue weighted by molar-refractivity contribution is 7.99. The molecule has 0 aliphatic rings. The Labute approximate surface area is 132 Å². The number of hydrogen-bond acceptors (Lipinski definition) is 3. The van der Waals surface area contributed by atoms with Crippen LogP contribution in [0.4, 0.5) is 0 Å². The van der Waals surface area contributed by atoms with E-state index in [1.54, 1.807) is 0 Å². The van der Waals surface area contributed by atoms with Crippen LogP contribution in [-0.4, -0.2) is 15.7 Å². The first-order valence-corrected chi connectivity index (χ1v) is 7.73. The second kappa shape index (κ2) is 6.17. The van der Waals surface area contributed by atoms with Crippen molar-refractivity contribution in [1.29, 1.82) is 0 Å². The fourth-order valence-corrected chi connectivity index (χ4v) is 2.77. The molecule has 3 aromatic rings. The molecule has 0 atom stereocenters. The van der Waals surface area contributed by atoms with Crippen LogP contribution in [0.1, 0.15) is 0 Å². The van der Waals surface area contributed by atoms with E-state index in [1.807, 2.05) is 48.5 Å². The Morgan fingerprint density at radius 3 is 2.67 bits per heavy atom. The number of benzene rings is 2. The molecule has 0 saturated carbocycles. The first-order chi connectivity index (χ1) is 10.3. The van der Waals surface area contributed by atoms with Gasteiger partial charge in [-0.3, -0.25) is 0 Å². The number of halogens is 1. The van der Waals surface area contributed by atoms with Crippen molar-refractivity contribution in [2.24, 2.45) is 0 Å². The molecule has 0 radical (unpaired) electrons. The van der Waals surface area contributed by atoms with E-state index < -0.39 is 0 Å². The number of aromatic nitrogens is 2. The Kier molecular flexibility index (Phi) is 4.10. The second-order valence-electron chi connectivity index (χ2n) is 4.38. The van der Waals surface area contributed by atoms with Gasteiger partial charge in [0.25, 0.3) is 0 Å². The normalized spacial score (nSPS) is 10.5. The van der Waals surface area contributed by atoms with Gasteiger partial charge in [0.1, 0.15) is 0 Å². The monoisotopic (exact) mass is 310 g/mol. The van der Waals surface area contributed by atoms with Crippen molar-refractivity contribution >= 4 is 34.3 Å². The molecule has 1 heterocycles. The van der Waals surface area contributed by atoms with E-state index in [-0.39, 0.29) is 0 Å². The van der Waals surface area contributed by atoms with Gasteiger partial charge >= 0.3 is 0 Å². The minimum atomic E-state index is 0.549. The molecule has 2 nitrogen and oxygen atoms in total. The molecule has 1 aromatic heterocycles. The van der Waals surface area contributed by atoms with Gasteiger partial charge in [-0.1, -0.05) is 59.6 Å². The molecule has 0 unspecified atom stereocenters. The summed E-state index contributed by atoms with van der Waals surface area (Å²) in [7, 11) is 0. The van der Waals surface area contributed by atoms with E-state index in [4.69, 9.17) is 18.0 Å². The molecule has 0 spiro atoms. The molecular weight excluding hydrogens is 300 g/mol. The van der Waals surface area contributed by atoms with Crippen LogP contribution >= 0.6 is 23.4 Å². The average Bonchev–Trinajstić information content (AvgIpc) is 2.53. The Hall–Kier alpha value is -2.02. The van der Waals surface area contributed by atoms with Crippen LogP contribution < -0.4 is 0 Å². The van der Waals surface area contributed by atoms with E-state index in [9.17, 15) is 0 Å². The molecule has 0 aliphatic heterocycles. The summed E-state index contributed by atoms with van der Waals surface area (Å²) in [6.07, 6.45) is 5.31. The minimum Gasteiger partial charge on any atom is -0.222 e. The van der Waals surface area contributed by atoms with E-state index in [2.05, 4.69) is 15.9 Å². The molecule has 4 heteroatoms. The average molecular weight is 311 g/mol. The lowest BCUT2D eigenvalue weighted by molar-refractivity contribution is 1.01.